The van der Waals surface area contributed by atoms with E-state index in [1.165, 1.54) is 7.11 Å². The fraction of sp³-hybridized carbons (Fsp3) is 0.600. The first kappa shape index (κ1) is 20.1. The van der Waals surface area contributed by atoms with Gasteiger partial charge in [0.25, 0.3) is 0 Å². The number of nitrogens with one attached hydrogen (secondary N) is 1. The average molecular weight is 361 g/mol. The van der Waals surface area contributed by atoms with Crippen molar-refractivity contribution in [2.45, 2.75) is 45.8 Å². The predicted octanol–water partition coefficient (Wildman–Crippen LogP) is 2.82. The van der Waals surface area contributed by atoms with Crippen LogP contribution in [-0.2, 0) is 16.1 Å². The Morgan fingerprint density at radius 1 is 1.27 bits per heavy atom. The summed E-state index contributed by atoms with van der Waals surface area (Å²) >= 11 is 0. The third-order valence-corrected chi connectivity index (χ3v) is 4.37. The molecule has 1 aliphatic heterocycles. The van der Waals surface area contributed by atoms with Crippen molar-refractivity contribution in [3.05, 3.63) is 29.8 Å². The smallest absolute Gasteiger partial charge is 0.308 e. The fourth-order valence-electron chi connectivity index (χ4n) is 3.08. The third kappa shape index (κ3) is 5.64. The van der Waals surface area contributed by atoms with Gasteiger partial charge in [-0.15, -0.1) is 0 Å². The van der Waals surface area contributed by atoms with Gasteiger partial charge in [-0.25, -0.2) is 0 Å². The number of nitrogens with zero attached hydrogens (tertiary/aromatic N) is 2. The van der Waals surface area contributed by atoms with Crippen LogP contribution in [0, 0.1) is 5.92 Å². The number of esters is 1. The zero-order valence-corrected chi connectivity index (χ0v) is 16.5. The number of benzene rings is 1. The highest BCUT2D eigenvalue weighted by molar-refractivity contribution is 5.80. The molecule has 0 spiro atoms. The molecule has 0 atom stereocenters. The number of hydrogen-bond acceptors (Lipinski definition) is 4. The van der Waals surface area contributed by atoms with E-state index in [1.807, 2.05) is 39.0 Å². The second-order valence-electron chi connectivity index (χ2n) is 7.51. The quantitative estimate of drug-likeness (QED) is 0.508. The molecule has 6 nitrogen and oxygen atoms in total. The molecule has 1 heterocycles. The number of guanidine groups is 1. The van der Waals surface area contributed by atoms with E-state index in [0.717, 1.165) is 43.2 Å². The first-order valence-electron chi connectivity index (χ1n) is 9.14. The average Bonchev–Trinajstić information content (AvgIpc) is 2.62. The van der Waals surface area contributed by atoms with Crippen LogP contribution in [-0.4, -0.2) is 49.7 Å². The molecule has 1 N–H and O–H groups in total. The van der Waals surface area contributed by atoms with Gasteiger partial charge in [0.1, 0.15) is 11.4 Å². The Bertz CT molecular complexity index is 629. The van der Waals surface area contributed by atoms with E-state index in [-0.39, 0.29) is 17.5 Å². The maximum absolute atomic E-state index is 11.7. The molecule has 0 bridgehead atoms. The standard InChI is InChI=1S/C20H31N3O3/c1-20(2,3)26-17-9-7-6-8-16(17)14-22-19(21-4)23-12-10-15(11-13-23)18(24)25-5/h6-9,15H,10-14H2,1-5H3,(H,21,22). The Morgan fingerprint density at radius 3 is 2.50 bits per heavy atom. The largest absolute Gasteiger partial charge is 0.488 e. The van der Waals surface area contributed by atoms with Crippen LogP contribution in [0.2, 0.25) is 0 Å². The van der Waals surface area contributed by atoms with Crippen LogP contribution in [0.25, 0.3) is 0 Å². The summed E-state index contributed by atoms with van der Waals surface area (Å²) in [6.07, 6.45) is 1.58. The lowest BCUT2D eigenvalue weighted by Crippen LogP contribution is -2.46. The van der Waals surface area contributed by atoms with E-state index in [1.54, 1.807) is 7.05 Å². The number of likely N-dealkylation sites (tertiary alicyclic amines) is 1. The summed E-state index contributed by atoms with van der Waals surface area (Å²) in [6.45, 7) is 8.35. The van der Waals surface area contributed by atoms with Gasteiger partial charge in [-0.1, -0.05) is 18.2 Å². The molecule has 0 aliphatic carbocycles. The lowest BCUT2D eigenvalue weighted by atomic mass is 9.97. The van der Waals surface area contributed by atoms with Gasteiger partial charge in [0, 0.05) is 32.2 Å². The molecule has 2 rings (SSSR count). The van der Waals surface area contributed by atoms with Gasteiger partial charge < -0.3 is 19.7 Å². The molecule has 1 fully saturated rings. The zero-order chi connectivity index (χ0) is 19.2. The van der Waals surface area contributed by atoms with Crippen molar-refractivity contribution in [3.63, 3.8) is 0 Å². The van der Waals surface area contributed by atoms with Crippen LogP contribution in [0.3, 0.4) is 0 Å². The van der Waals surface area contributed by atoms with Gasteiger partial charge in [0.05, 0.1) is 13.0 Å². The maximum Gasteiger partial charge on any atom is 0.308 e. The molecule has 1 aromatic carbocycles. The normalized spacial score (nSPS) is 16.3. The number of carbonyl (C=O) groups excluding carboxylic acids is 1. The predicted molar refractivity (Wildman–Crippen MR) is 103 cm³/mol. The summed E-state index contributed by atoms with van der Waals surface area (Å²) in [5.41, 5.74) is 0.848. The molecule has 26 heavy (non-hydrogen) atoms. The number of aliphatic imine (C=N–C) groups is 1. The minimum atomic E-state index is -0.243. The van der Waals surface area contributed by atoms with Gasteiger partial charge in [0.2, 0.25) is 0 Å². The summed E-state index contributed by atoms with van der Waals surface area (Å²) in [4.78, 5) is 18.3. The number of ether oxygens (including phenoxy) is 2. The Labute approximate surface area is 156 Å². The van der Waals surface area contributed by atoms with Crippen molar-refractivity contribution in [3.8, 4) is 5.75 Å². The van der Waals surface area contributed by atoms with Crippen LogP contribution >= 0.6 is 0 Å². The second-order valence-corrected chi connectivity index (χ2v) is 7.51. The van der Waals surface area contributed by atoms with Crippen LogP contribution in [0.5, 0.6) is 5.75 Å². The molecular weight excluding hydrogens is 330 g/mol. The van der Waals surface area contributed by atoms with Crippen LogP contribution < -0.4 is 10.1 Å². The summed E-state index contributed by atoms with van der Waals surface area (Å²) < 4.78 is 10.9. The Balaban J connectivity index is 1.95. The summed E-state index contributed by atoms with van der Waals surface area (Å²) in [6, 6.07) is 8.05. The lowest BCUT2D eigenvalue weighted by molar-refractivity contribution is -0.146. The van der Waals surface area contributed by atoms with E-state index in [0.29, 0.717) is 6.54 Å². The van der Waals surface area contributed by atoms with Crippen LogP contribution in [0.1, 0.15) is 39.2 Å². The van der Waals surface area contributed by atoms with E-state index < -0.39 is 0 Å². The Morgan fingerprint density at radius 2 is 1.92 bits per heavy atom. The minimum Gasteiger partial charge on any atom is -0.488 e. The molecule has 0 amide bonds. The molecular formula is C20H31N3O3. The zero-order valence-electron chi connectivity index (χ0n) is 16.5. The van der Waals surface area contributed by atoms with Crippen molar-refractivity contribution in [1.29, 1.82) is 0 Å². The summed E-state index contributed by atoms with van der Waals surface area (Å²) in [5.74, 6) is 1.61. The van der Waals surface area contributed by atoms with Crippen molar-refractivity contribution >= 4 is 11.9 Å². The van der Waals surface area contributed by atoms with E-state index in [9.17, 15) is 4.79 Å². The molecule has 0 unspecified atom stereocenters. The van der Waals surface area contributed by atoms with Crippen molar-refractivity contribution in [2.24, 2.45) is 10.9 Å². The van der Waals surface area contributed by atoms with Gasteiger partial charge in [-0.2, -0.15) is 0 Å². The SMILES string of the molecule is CN=C(NCc1ccccc1OC(C)(C)C)N1CCC(C(=O)OC)CC1. The van der Waals surface area contributed by atoms with Crippen molar-refractivity contribution < 1.29 is 14.3 Å². The number of hydrogen-bond donors (Lipinski definition) is 1. The molecule has 1 aliphatic rings. The second kappa shape index (κ2) is 8.92. The van der Waals surface area contributed by atoms with Gasteiger partial charge in [0.15, 0.2) is 5.96 Å². The fourth-order valence-corrected chi connectivity index (χ4v) is 3.08. The number of rotatable bonds is 4. The van der Waals surface area contributed by atoms with Gasteiger partial charge >= 0.3 is 5.97 Å². The molecule has 1 saturated heterocycles. The Hall–Kier alpha value is -2.24. The molecule has 0 radical (unpaired) electrons. The number of para-hydroxylation sites is 1. The molecule has 0 aromatic heterocycles. The third-order valence-electron chi connectivity index (χ3n) is 4.37. The van der Waals surface area contributed by atoms with Gasteiger partial charge in [-0.05, 0) is 39.7 Å². The van der Waals surface area contributed by atoms with Gasteiger partial charge in [-0.3, -0.25) is 9.79 Å². The Kier molecular flexibility index (Phi) is 6.89. The maximum atomic E-state index is 11.7. The molecule has 6 heteroatoms. The van der Waals surface area contributed by atoms with Crippen LogP contribution in [0.4, 0.5) is 0 Å². The van der Waals surface area contributed by atoms with Crippen molar-refractivity contribution in [2.75, 3.05) is 27.2 Å². The summed E-state index contributed by atoms with van der Waals surface area (Å²) in [5, 5.41) is 3.42. The highest BCUT2D eigenvalue weighted by Crippen LogP contribution is 2.23. The van der Waals surface area contributed by atoms with Crippen LogP contribution in [0.15, 0.2) is 29.3 Å². The number of carbonyl (C=O) groups is 1. The topological polar surface area (TPSA) is 63.2 Å². The molecule has 0 saturated carbocycles. The first-order valence-corrected chi connectivity index (χ1v) is 9.14. The first-order chi connectivity index (χ1) is 12.3. The monoisotopic (exact) mass is 361 g/mol. The van der Waals surface area contributed by atoms with E-state index in [2.05, 4.69) is 21.3 Å². The summed E-state index contributed by atoms with van der Waals surface area (Å²) in [7, 11) is 3.23. The van der Waals surface area contributed by atoms with E-state index >= 15 is 0 Å². The minimum absolute atomic E-state index is 0.00438. The van der Waals surface area contributed by atoms with Crippen molar-refractivity contribution in [1.82, 2.24) is 10.2 Å². The molecule has 144 valence electrons. The lowest BCUT2D eigenvalue weighted by Gasteiger charge is -2.33. The highest BCUT2D eigenvalue weighted by Gasteiger charge is 2.27. The molecule has 1 aromatic rings. The highest BCUT2D eigenvalue weighted by atomic mass is 16.5. The number of methoxy groups -OCH3 is 1. The number of piperidine rings is 1. The van der Waals surface area contributed by atoms with E-state index in [4.69, 9.17) is 9.47 Å².